The van der Waals surface area contributed by atoms with Crippen LogP contribution in [0.1, 0.15) is 18.4 Å². The van der Waals surface area contributed by atoms with E-state index in [1.165, 1.54) is 6.26 Å². The summed E-state index contributed by atoms with van der Waals surface area (Å²) in [5, 5.41) is 22.9. The van der Waals surface area contributed by atoms with Crippen LogP contribution in [0.3, 0.4) is 0 Å². The van der Waals surface area contributed by atoms with Crippen molar-refractivity contribution >= 4 is 44.9 Å². The van der Waals surface area contributed by atoms with E-state index in [1.54, 1.807) is 78.5 Å². The van der Waals surface area contributed by atoms with Crippen LogP contribution >= 0.6 is 11.8 Å². The highest BCUT2D eigenvalue weighted by atomic mass is 32.2. The lowest BCUT2D eigenvalue weighted by molar-refractivity contribution is 0.0354. The molecule has 0 aliphatic carbocycles. The Labute approximate surface area is 220 Å². The molecule has 3 aromatic carbocycles. The highest BCUT2D eigenvalue weighted by Gasteiger charge is 2.36. The molecule has 4 rings (SSSR count). The van der Waals surface area contributed by atoms with Gasteiger partial charge in [-0.1, -0.05) is 42.5 Å². The minimum Gasteiger partial charge on any atom is -0.423 e. The van der Waals surface area contributed by atoms with Gasteiger partial charge in [0.15, 0.2) is 15.6 Å². The zero-order valence-electron chi connectivity index (χ0n) is 20.2. The fourth-order valence-electron chi connectivity index (χ4n) is 4.12. The molecule has 5 N–H and O–H groups in total. The third-order valence-corrected chi connectivity index (χ3v) is 8.09. The number of anilines is 2. The van der Waals surface area contributed by atoms with Crippen LogP contribution in [0.25, 0.3) is 11.1 Å². The number of hydrogen-bond donors (Lipinski definition) is 5. The highest BCUT2D eigenvalue weighted by Crippen LogP contribution is 2.33. The van der Waals surface area contributed by atoms with E-state index in [0.717, 1.165) is 11.5 Å². The van der Waals surface area contributed by atoms with Crippen molar-refractivity contribution in [2.24, 2.45) is 0 Å². The summed E-state index contributed by atoms with van der Waals surface area (Å²) in [6.45, 7) is 0. The topological polar surface area (TPSA) is 141 Å². The number of hydroxylamine groups is 1. The number of ether oxygens (including phenoxy) is 1. The monoisotopic (exact) mass is 540 g/mol. The van der Waals surface area contributed by atoms with E-state index in [9.17, 15) is 13.2 Å². The third kappa shape index (κ3) is 6.62. The zero-order valence-corrected chi connectivity index (χ0v) is 21.8. The third-order valence-electron chi connectivity index (χ3n) is 5.95. The predicted octanol–water partition coefficient (Wildman–Crippen LogP) is 4.95. The average Bonchev–Trinajstić information content (AvgIpc) is 2.88. The number of sulfone groups is 1. The van der Waals surface area contributed by atoms with Crippen LogP contribution in [-0.2, 0) is 14.6 Å². The number of amides is 1. The zero-order chi connectivity index (χ0) is 26.5. The van der Waals surface area contributed by atoms with Gasteiger partial charge in [-0.25, -0.2) is 13.2 Å². The predicted molar refractivity (Wildman–Crippen MR) is 146 cm³/mol. The normalized spacial score (nSPS) is 14.9. The van der Waals surface area contributed by atoms with E-state index in [4.69, 9.17) is 15.4 Å². The quantitative estimate of drug-likeness (QED) is 0.123. The van der Waals surface area contributed by atoms with Gasteiger partial charge in [0.25, 0.3) is 0 Å². The Bertz CT molecular complexity index is 1390. The van der Waals surface area contributed by atoms with Crippen molar-refractivity contribution < 1.29 is 23.2 Å². The molecule has 0 spiro atoms. The lowest BCUT2D eigenvalue weighted by atomic mass is 10.1. The molecule has 1 fully saturated rings. The Morgan fingerprint density at radius 1 is 1.00 bits per heavy atom. The fraction of sp³-hybridized carbons (Fsp3) is 0.231. The van der Waals surface area contributed by atoms with Crippen LogP contribution in [-0.4, -0.2) is 49.0 Å². The number of amidine groups is 1. The number of benzene rings is 3. The van der Waals surface area contributed by atoms with Gasteiger partial charge in [0, 0.05) is 41.6 Å². The standard InChI is InChI=1S/C26H28N4O5S2/c1-37(33,34)23-8-3-2-7-22(23)18-9-11-20(12-10-18)28-25(31)35-26(13-15-36-16-14-26)29-21-6-4-5-19(17-21)24(27)30-32/h2-12,17,29,32H,13-16H2,1H3,(H2,27,30)(H,28,31). The molecule has 0 aromatic heterocycles. The Morgan fingerprint density at radius 3 is 2.38 bits per heavy atom. The Kier molecular flexibility index (Phi) is 8.06. The van der Waals surface area contributed by atoms with E-state index in [2.05, 4.69) is 10.6 Å². The van der Waals surface area contributed by atoms with E-state index in [1.807, 2.05) is 11.5 Å². The maximum Gasteiger partial charge on any atom is 0.413 e. The molecular weight excluding hydrogens is 512 g/mol. The van der Waals surface area contributed by atoms with E-state index in [0.29, 0.717) is 40.9 Å². The summed E-state index contributed by atoms with van der Waals surface area (Å²) in [7, 11) is -3.40. The summed E-state index contributed by atoms with van der Waals surface area (Å²) in [5.74, 6) is 1.48. The molecule has 194 valence electrons. The molecule has 3 aromatic rings. The van der Waals surface area contributed by atoms with E-state index < -0.39 is 21.7 Å². The summed E-state index contributed by atoms with van der Waals surface area (Å²) >= 11 is 1.78. The molecule has 11 heteroatoms. The first-order valence-electron chi connectivity index (χ1n) is 11.5. The molecule has 37 heavy (non-hydrogen) atoms. The van der Waals surface area contributed by atoms with Gasteiger partial charge in [0.2, 0.25) is 0 Å². The average molecular weight is 541 g/mol. The van der Waals surface area contributed by atoms with Gasteiger partial charge < -0.3 is 10.1 Å². The van der Waals surface area contributed by atoms with Crippen molar-refractivity contribution in [3.63, 3.8) is 0 Å². The van der Waals surface area contributed by atoms with Gasteiger partial charge in [0.05, 0.1) is 4.90 Å². The molecule has 1 heterocycles. The molecule has 1 amide bonds. The van der Waals surface area contributed by atoms with Crippen molar-refractivity contribution in [3.05, 3.63) is 78.4 Å². The Morgan fingerprint density at radius 2 is 1.70 bits per heavy atom. The molecule has 0 atom stereocenters. The molecule has 1 aliphatic rings. The molecule has 9 nitrogen and oxygen atoms in total. The summed E-state index contributed by atoms with van der Waals surface area (Å²) in [4.78, 5) is 13.1. The molecule has 1 saturated heterocycles. The van der Waals surface area contributed by atoms with Gasteiger partial charge in [0.1, 0.15) is 5.84 Å². The van der Waals surface area contributed by atoms with Crippen LogP contribution in [0.5, 0.6) is 0 Å². The van der Waals surface area contributed by atoms with Crippen LogP contribution in [0.15, 0.2) is 77.7 Å². The molecular formula is C26H28N4O5S2. The minimum atomic E-state index is -3.40. The summed E-state index contributed by atoms with van der Waals surface area (Å²) < 4.78 is 30.2. The minimum absolute atomic E-state index is 0.141. The van der Waals surface area contributed by atoms with Crippen LogP contribution in [0.2, 0.25) is 0 Å². The lowest BCUT2D eigenvalue weighted by Gasteiger charge is -2.37. The maximum atomic E-state index is 12.9. The van der Waals surface area contributed by atoms with Crippen molar-refractivity contribution in [2.75, 3.05) is 28.4 Å². The van der Waals surface area contributed by atoms with Gasteiger partial charge >= 0.3 is 6.09 Å². The summed E-state index contributed by atoms with van der Waals surface area (Å²) in [6.07, 6.45) is 1.73. The molecule has 0 unspecified atom stereocenters. The molecule has 1 aliphatic heterocycles. The first kappa shape index (κ1) is 26.5. The smallest absolute Gasteiger partial charge is 0.413 e. The van der Waals surface area contributed by atoms with Crippen molar-refractivity contribution in [1.82, 2.24) is 5.48 Å². The SMILES string of the molecule is CS(=O)(=O)c1ccccc1-c1ccc(NC(=O)OC2(Nc3cccc(C(=N)NO)c3)CCSCC2)cc1. The summed E-state index contributed by atoms with van der Waals surface area (Å²) in [5.41, 5.74) is 3.85. The first-order chi connectivity index (χ1) is 17.7. The van der Waals surface area contributed by atoms with Crippen LogP contribution in [0.4, 0.5) is 16.2 Å². The summed E-state index contributed by atoms with van der Waals surface area (Å²) in [6, 6.07) is 20.6. The Balaban J connectivity index is 1.48. The highest BCUT2D eigenvalue weighted by molar-refractivity contribution is 7.99. The lowest BCUT2D eigenvalue weighted by Crippen LogP contribution is -2.47. The molecule has 0 saturated carbocycles. The number of nitrogens with one attached hydrogen (secondary N) is 4. The largest absolute Gasteiger partial charge is 0.423 e. The van der Waals surface area contributed by atoms with Gasteiger partial charge in [-0.05, 0) is 47.4 Å². The number of rotatable bonds is 7. The fourth-order valence-corrected chi connectivity index (χ4v) is 6.18. The number of carbonyl (C=O) groups is 1. The van der Waals surface area contributed by atoms with Gasteiger partial charge in [-0.3, -0.25) is 21.4 Å². The maximum absolute atomic E-state index is 12.9. The second kappa shape index (κ2) is 11.2. The van der Waals surface area contributed by atoms with Crippen LogP contribution < -0.4 is 16.1 Å². The molecule has 0 radical (unpaired) electrons. The van der Waals surface area contributed by atoms with Crippen LogP contribution in [0, 0.1) is 5.41 Å². The first-order valence-corrected chi connectivity index (χ1v) is 14.6. The van der Waals surface area contributed by atoms with E-state index >= 15 is 0 Å². The second-order valence-corrected chi connectivity index (χ2v) is 11.9. The molecule has 0 bridgehead atoms. The van der Waals surface area contributed by atoms with Gasteiger partial charge in [-0.2, -0.15) is 11.8 Å². The van der Waals surface area contributed by atoms with Gasteiger partial charge in [-0.15, -0.1) is 0 Å². The number of thioether (sulfide) groups is 1. The number of hydrogen-bond acceptors (Lipinski definition) is 8. The van der Waals surface area contributed by atoms with E-state index in [-0.39, 0.29) is 10.7 Å². The second-order valence-electron chi connectivity index (χ2n) is 8.66. The van der Waals surface area contributed by atoms with Crippen molar-refractivity contribution in [2.45, 2.75) is 23.5 Å². The van der Waals surface area contributed by atoms with Crippen molar-refractivity contribution in [3.8, 4) is 11.1 Å². The van der Waals surface area contributed by atoms with Crippen molar-refractivity contribution in [1.29, 1.82) is 5.41 Å². The Hall–Kier alpha value is -3.54. The number of carbonyl (C=O) groups excluding carboxylic acids is 1.